The molecule has 2 amide bonds. The van der Waals surface area contributed by atoms with Gasteiger partial charge in [0.25, 0.3) is 0 Å². The van der Waals surface area contributed by atoms with E-state index in [9.17, 15) is 14.4 Å². The van der Waals surface area contributed by atoms with Gasteiger partial charge in [-0.25, -0.2) is 4.79 Å². The summed E-state index contributed by atoms with van der Waals surface area (Å²) in [6.07, 6.45) is 1.30. The molecule has 0 unspecified atom stereocenters. The first-order chi connectivity index (χ1) is 10.5. The number of nitrogens with one attached hydrogen (secondary N) is 2. The fourth-order valence-electron chi connectivity index (χ4n) is 1.72. The van der Waals surface area contributed by atoms with Crippen LogP contribution in [0.3, 0.4) is 0 Å². The maximum atomic E-state index is 11.6. The normalized spacial score (nSPS) is 9.86. The number of rotatable bonds is 8. The molecule has 0 aromatic heterocycles. The second-order valence-electron chi connectivity index (χ2n) is 4.65. The monoisotopic (exact) mass is 308 g/mol. The Labute approximate surface area is 128 Å². The number of benzene rings is 1. The highest BCUT2D eigenvalue weighted by molar-refractivity contribution is 5.89. The van der Waals surface area contributed by atoms with Crippen LogP contribution in [0.4, 0.5) is 10.5 Å². The molecule has 1 rings (SSSR count). The van der Waals surface area contributed by atoms with Crippen LogP contribution in [-0.4, -0.2) is 36.7 Å². The third-order valence-electron chi connectivity index (χ3n) is 2.91. The molecule has 1 aromatic rings. The zero-order valence-electron chi connectivity index (χ0n) is 12.4. The van der Waals surface area contributed by atoms with Gasteiger partial charge >= 0.3 is 18.0 Å². The molecule has 0 radical (unpaired) electrons. The summed E-state index contributed by atoms with van der Waals surface area (Å²) in [6.45, 7) is 0.301. The van der Waals surface area contributed by atoms with E-state index in [-0.39, 0.29) is 18.4 Å². The van der Waals surface area contributed by atoms with E-state index < -0.39 is 5.97 Å². The Morgan fingerprint density at radius 1 is 1.14 bits per heavy atom. The van der Waals surface area contributed by atoms with Crippen molar-refractivity contribution in [2.24, 2.45) is 0 Å². The van der Waals surface area contributed by atoms with Crippen LogP contribution in [0, 0.1) is 0 Å². The Morgan fingerprint density at radius 2 is 1.82 bits per heavy atom. The van der Waals surface area contributed by atoms with Crippen LogP contribution < -0.4 is 10.6 Å². The Balaban J connectivity index is 2.32. The quantitative estimate of drug-likeness (QED) is 0.501. The zero-order valence-corrected chi connectivity index (χ0v) is 12.4. The topological polar surface area (TPSA) is 105 Å². The van der Waals surface area contributed by atoms with E-state index in [1.165, 1.54) is 7.11 Å². The number of anilines is 1. The number of urea groups is 1. The predicted molar refractivity (Wildman–Crippen MR) is 80.7 cm³/mol. The fourth-order valence-corrected chi connectivity index (χ4v) is 1.72. The predicted octanol–water partition coefficient (Wildman–Crippen LogP) is 1.78. The molecule has 0 heterocycles. The maximum absolute atomic E-state index is 11.6. The lowest BCUT2D eigenvalue weighted by Gasteiger charge is -2.08. The Kier molecular flexibility index (Phi) is 7.45. The van der Waals surface area contributed by atoms with Crippen molar-refractivity contribution >= 4 is 23.7 Å². The first kappa shape index (κ1) is 17.5. The molecule has 0 aliphatic carbocycles. The molecule has 0 aliphatic rings. The number of aliphatic carboxylic acids is 1. The lowest BCUT2D eigenvalue weighted by Crippen LogP contribution is -2.29. The molecule has 0 atom stereocenters. The smallest absolute Gasteiger partial charge is 0.319 e. The molecular formula is C15H20N2O5. The van der Waals surface area contributed by atoms with Crippen molar-refractivity contribution in [1.82, 2.24) is 5.32 Å². The van der Waals surface area contributed by atoms with E-state index in [4.69, 9.17) is 5.11 Å². The van der Waals surface area contributed by atoms with Crippen LogP contribution in [0.15, 0.2) is 24.3 Å². The van der Waals surface area contributed by atoms with Gasteiger partial charge in [0.05, 0.1) is 7.11 Å². The number of hydrogen-bond acceptors (Lipinski definition) is 4. The summed E-state index contributed by atoms with van der Waals surface area (Å²) in [5, 5.41) is 13.7. The standard InChI is InChI=1S/C15H20N2O5/c1-22-14(20)9-6-11-4-7-12(8-5-11)17-15(21)16-10-2-3-13(18)19/h4-5,7-8H,2-3,6,9-10H2,1H3,(H,18,19)(H2,16,17,21). The first-order valence-electron chi connectivity index (χ1n) is 6.93. The van der Waals surface area contributed by atoms with Crippen LogP contribution in [0.2, 0.25) is 0 Å². The number of aryl methyl sites for hydroxylation is 1. The highest BCUT2D eigenvalue weighted by Crippen LogP contribution is 2.11. The van der Waals surface area contributed by atoms with Crippen LogP contribution in [0.5, 0.6) is 0 Å². The van der Waals surface area contributed by atoms with Crippen molar-refractivity contribution in [2.75, 3.05) is 19.0 Å². The molecule has 0 saturated carbocycles. The van der Waals surface area contributed by atoms with Crippen molar-refractivity contribution in [1.29, 1.82) is 0 Å². The molecule has 7 heteroatoms. The van der Waals surface area contributed by atoms with E-state index in [0.29, 0.717) is 31.5 Å². The van der Waals surface area contributed by atoms with Crippen molar-refractivity contribution in [3.63, 3.8) is 0 Å². The minimum atomic E-state index is -0.884. The van der Waals surface area contributed by atoms with E-state index in [1.54, 1.807) is 12.1 Å². The number of carbonyl (C=O) groups excluding carboxylic acids is 2. The summed E-state index contributed by atoms with van der Waals surface area (Å²) < 4.78 is 4.57. The van der Waals surface area contributed by atoms with E-state index >= 15 is 0 Å². The number of carbonyl (C=O) groups is 3. The molecule has 0 spiro atoms. The Bertz CT molecular complexity index is 513. The molecule has 7 nitrogen and oxygen atoms in total. The Hall–Kier alpha value is -2.57. The minimum absolute atomic E-state index is 0.0230. The van der Waals surface area contributed by atoms with Gasteiger partial charge in [0.15, 0.2) is 0 Å². The second-order valence-corrected chi connectivity index (χ2v) is 4.65. The lowest BCUT2D eigenvalue weighted by atomic mass is 10.1. The van der Waals surface area contributed by atoms with Crippen LogP contribution in [0.25, 0.3) is 0 Å². The van der Waals surface area contributed by atoms with Crippen molar-refractivity contribution in [3.8, 4) is 0 Å². The molecule has 0 aliphatic heterocycles. The van der Waals surface area contributed by atoms with Gasteiger partial charge in [-0.1, -0.05) is 12.1 Å². The average Bonchev–Trinajstić information content (AvgIpc) is 2.50. The van der Waals surface area contributed by atoms with Crippen LogP contribution >= 0.6 is 0 Å². The average molecular weight is 308 g/mol. The van der Waals surface area contributed by atoms with Gasteiger partial charge in [0.2, 0.25) is 0 Å². The number of hydrogen-bond donors (Lipinski definition) is 3. The maximum Gasteiger partial charge on any atom is 0.319 e. The molecule has 1 aromatic carbocycles. The van der Waals surface area contributed by atoms with Gasteiger partial charge in [-0.2, -0.15) is 0 Å². The summed E-state index contributed by atoms with van der Waals surface area (Å²) >= 11 is 0. The summed E-state index contributed by atoms with van der Waals surface area (Å²) in [5.41, 5.74) is 1.59. The number of carboxylic acid groups (broad SMARTS) is 1. The molecule has 3 N–H and O–H groups in total. The van der Waals surface area contributed by atoms with Crippen molar-refractivity contribution < 1.29 is 24.2 Å². The van der Waals surface area contributed by atoms with Crippen LogP contribution in [0.1, 0.15) is 24.8 Å². The molecule has 120 valence electrons. The third kappa shape index (κ3) is 7.28. The number of esters is 1. The van der Waals surface area contributed by atoms with Gasteiger partial charge in [-0.3, -0.25) is 9.59 Å². The summed E-state index contributed by atoms with van der Waals surface area (Å²) in [6, 6.07) is 6.74. The number of carboxylic acids is 1. The lowest BCUT2D eigenvalue weighted by molar-refractivity contribution is -0.140. The number of ether oxygens (including phenoxy) is 1. The molecule has 0 fully saturated rings. The van der Waals surface area contributed by atoms with E-state index in [0.717, 1.165) is 5.56 Å². The minimum Gasteiger partial charge on any atom is -0.481 e. The number of amides is 2. The SMILES string of the molecule is COC(=O)CCc1ccc(NC(=O)NCCCC(=O)O)cc1. The largest absolute Gasteiger partial charge is 0.481 e. The van der Waals surface area contributed by atoms with Crippen LogP contribution in [-0.2, 0) is 20.7 Å². The highest BCUT2D eigenvalue weighted by atomic mass is 16.5. The zero-order chi connectivity index (χ0) is 16.4. The van der Waals surface area contributed by atoms with Crippen molar-refractivity contribution in [2.45, 2.75) is 25.7 Å². The second kappa shape index (κ2) is 9.38. The Morgan fingerprint density at radius 3 is 2.41 bits per heavy atom. The number of methoxy groups -OCH3 is 1. The van der Waals surface area contributed by atoms with E-state index in [2.05, 4.69) is 15.4 Å². The van der Waals surface area contributed by atoms with Gasteiger partial charge in [-0.05, 0) is 30.5 Å². The summed E-state index contributed by atoms with van der Waals surface area (Å²) in [7, 11) is 1.35. The van der Waals surface area contributed by atoms with Gasteiger partial charge in [0.1, 0.15) is 0 Å². The molecule has 22 heavy (non-hydrogen) atoms. The van der Waals surface area contributed by atoms with Crippen molar-refractivity contribution in [3.05, 3.63) is 29.8 Å². The van der Waals surface area contributed by atoms with Gasteiger partial charge in [-0.15, -0.1) is 0 Å². The third-order valence-corrected chi connectivity index (χ3v) is 2.91. The summed E-state index contributed by atoms with van der Waals surface area (Å²) in [4.78, 5) is 32.9. The van der Waals surface area contributed by atoms with E-state index in [1.807, 2.05) is 12.1 Å². The molecular weight excluding hydrogens is 288 g/mol. The fraction of sp³-hybridized carbons (Fsp3) is 0.400. The van der Waals surface area contributed by atoms with Gasteiger partial charge < -0.3 is 20.5 Å². The van der Waals surface area contributed by atoms with Gasteiger partial charge in [0, 0.05) is 25.1 Å². The first-order valence-corrected chi connectivity index (χ1v) is 6.93. The molecule has 0 bridgehead atoms. The summed E-state index contributed by atoms with van der Waals surface area (Å²) in [5.74, 6) is -1.15. The molecule has 0 saturated heterocycles. The highest BCUT2D eigenvalue weighted by Gasteiger charge is 2.04.